The summed E-state index contributed by atoms with van der Waals surface area (Å²) in [5.41, 5.74) is 2.68. The molecule has 0 aliphatic heterocycles. The molecule has 0 aliphatic rings. The van der Waals surface area contributed by atoms with E-state index in [1.165, 1.54) is 18.2 Å². The van der Waals surface area contributed by atoms with E-state index in [2.05, 4.69) is 14.9 Å². The summed E-state index contributed by atoms with van der Waals surface area (Å²) in [6.45, 7) is 4.40. The van der Waals surface area contributed by atoms with Crippen molar-refractivity contribution < 1.29 is 26.9 Å². The van der Waals surface area contributed by atoms with Crippen molar-refractivity contribution in [3.63, 3.8) is 0 Å². The van der Waals surface area contributed by atoms with E-state index < -0.39 is 28.4 Å². The average Bonchev–Trinajstić information content (AvgIpc) is 3.18. The first-order chi connectivity index (χ1) is 14.2. The van der Waals surface area contributed by atoms with Crippen LogP contribution >= 0.6 is 0 Å². The number of nitrogens with one attached hydrogen (secondary N) is 1. The number of hydrogen-bond donors (Lipinski definition) is 1. The van der Waals surface area contributed by atoms with Crippen molar-refractivity contribution in [2.24, 2.45) is 0 Å². The molecule has 30 heavy (non-hydrogen) atoms. The van der Waals surface area contributed by atoms with Crippen molar-refractivity contribution in [3.05, 3.63) is 64.8 Å². The van der Waals surface area contributed by atoms with Crippen molar-refractivity contribution in [2.75, 3.05) is 6.54 Å². The van der Waals surface area contributed by atoms with Crippen molar-refractivity contribution in [2.45, 2.75) is 32.3 Å². The van der Waals surface area contributed by atoms with Crippen LogP contribution in [-0.2, 0) is 26.2 Å². The zero-order valence-electron chi connectivity index (χ0n) is 16.6. The summed E-state index contributed by atoms with van der Waals surface area (Å²) < 4.78 is 50.4. The van der Waals surface area contributed by atoms with Crippen molar-refractivity contribution in [3.8, 4) is 11.4 Å². The molecule has 0 saturated carbocycles. The monoisotopic (exact) mass is 433 g/mol. The molecule has 0 fully saturated rings. The fourth-order valence-electron chi connectivity index (χ4n) is 2.47. The Hall–Kier alpha value is -3.11. The summed E-state index contributed by atoms with van der Waals surface area (Å²) in [6.07, 6.45) is 0. The van der Waals surface area contributed by atoms with Crippen LogP contribution in [0.4, 0.5) is 4.39 Å². The van der Waals surface area contributed by atoms with Gasteiger partial charge in [-0.2, -0.15) is 9.71 Å². The Morgan fingerprint density at radius 1 is 1.10 bits per heavy atom. The lowest BCUT2D eigenvalue weighted by atomic mass is 10.1. The van der Waals surface area contributed by atoms with Gasteiger partial charge in [-0.15, -0.1) is 0 Å². The summed E-state index contributed by atoms with van der Waals surface area (Å²) in [6, 6.07) is 9.18. The molecular weight excluding hydrogens is 413 g/mol. The van der Waals surface area contributed by atoms with Crippen LogP contribution in [0, 0.1) is 26.6 Å². The average molecular weight is 433 g/mol. The Morgan fingerprint density at radius 2 is 1.83 bits per heavy atom. The Bertz CT molecular complexity index is 1190. The van der Waals surface area contributed by atoms with Gasteiger partial charge in [0.15, 0.2) is 6.61 Å². The van der Waals surface area contributed by atoms with E-state index in [4.69, 9.17) is 9.26 Å². The molecule has 0 saturated heterocycles. The lowest BCUT2D eigenvalue weighted by molar-refractivity contribution is -0.144. The number of nitrogens with zero attached hydrogens (tertiary/aromatic N) is 2. The Labute approximate surface area is 173 Å². The summed E-state index contributed by atoms with van der Waals surface area (Å²) in [5.74, 6) is -1.07. The smallest absolute Gasteiger partial charge is 0.321 e. The lowest BCUT2D eigenvalue weighted by Gasteiger charge is -2.08. The summed E-state index contributed by atoms with van der Waals surface area (Å²) in [4.78, 5) is 16.0. The highest BCUT2D eigenvalue weighted by Gasteiger charge is 2.18. The molecule has 0 bridgehead atoms. The Balaban J connectivity index is 1.55. The van der Waals surface area contributed by atoms with Gasteiger partial charge in [-0.3, -0.25) is 4.79 Å². The van der Waals surface area contributed by atoms with E-state index in [0.717, 1.165) is 11.1 Å². The summed E-state index contributed by atoms with van der Waals surface area (Å²) >= 11 is 0. The number of benzene rings is 2. The Morgan fingerprint density at radius 3 is 2.53 bits per heavy atom. The van der Waals surface area contributed by atoms with Crippen LogP contribution in [0.1, 0.15) is 22.6 Å². The minimum Gasteiger partial charge on any atom is -0.455 e. The predicted molar refractivity (Wildman–Crippen MR) is 105 cm³/mol. The third-order valence-corrected chi connectivity index (χ3v) is 5.85. The van der Waals surface area contributed by atoms with E-state index in [0.29, 0.717) is 11.1 Å². The quantitative estimate of drug-likeness (QED) is 0.570. The minimum absolute atomic E-state index is 0.00338. The number of sulfonamides is 1. The molecule has 0 atom stereocenters. The minimum atomic E-state index is -3.85. The van der Waals surface area contributed by atoms with Crippen LogP contribution in [0.5, 0.6) is 0 Å². The third kappa shape index (κ3) is 5.08. The molecule has 0 spiro atoms. The molecule has 1 N–H and O–H groups in total. The first-order valence-electron chi connectivity index (χ1n) is 8.97. The molecule has 3 aromatic rings. The highest BCUT2D eigenvalue weighted by atomic mass is 32.2. The fraction of sp³-hybridized carbons (Fsp3) is 0.250. The lowest BCUT2D eigenvalue weighted by Crippen LogP contribution is -2.30. The molecular formula is C20H20FN3O5S. The molecule has 8 nitrogen and oxygen atoms in total. The second-order valence-electron chi connectivity index (χ2n) is 6.71. The molecule has 0 amide bonds. The molecule has 0 aliphatic carbocycles. The normalized spacial score (nSPS) is 11.5. The molecule has 1 heterocycles. The number of aromatic nitrogens is 2. The number of carbonyl (C=O) groups is 1. The molecule has 0 radical (unpaired) electrons. The fourth-order valence-corrected chi connectivity index (χ4v) is 3.53. The second-order valence-corrected chi connectivity index (χ2v) is 8.47. The Kier molecular flexibility index (Phi) is 6.28. The first kappa shape index (κ1) is 21.6. The van der Waals surface area contributed by atoms with Gasteiger partial charge in [-0.05, 0) is 55.7 Å². The van der Waals surface area contributed by atoms with E-state index >= 15 is 0 Å². The summed E-state index contributed by atoms with van der Waals surface area (Å²) in [7, 11) is -3.85. The van der Waals surface area contributed by atoms with Gasteiger partial charge < -0.3 is 9.26 Å². The number of carbonyl (C=O) groups excluding carboxylic acids is 1. The molecule has 10 heteroatoms. The first-order valence-corrected chi connectivity index (χ1v) is 10.5. The standard InChI is InChI=1S/C20H20FN3O5S/c1-12-5-7-16(8-14(12)3)30(26,27)22-10-19(25)28-11-18-23-20(24-29-18)15-6-4-13(2)17(21)9-15/h4-9,22H,10-11H2,1-3H3. The number of hydrogen-bond acceptors (Lipinski definition) is 7. The van der Waals surface area contributed by atoms with Gasteiger partial charge in [-0.1, -0.05) is 23.4 Å². The van der Waals surface area contributed by atoms with Gasteiger partial charge in [-0.25, -0.2) is 12.8 Å². The zero-order chi connectivity index (χ0) is 21.9. The maximum atomic E-state index is 13.7. The van der Waals surface area contributed by atoms with Crippen molar-refractivity contribution >= 4 is 16.0 Å². The maximum Gasteiger partial charge on any atom is 0.321 e. The highest BCUT2D eigenvalue weighted by Crippen LogP contribution is 2.19. The summed E-state index contributed by atoms with van der Waals surface area (Å²) in [5, 5.41) is 3.72. The topological polar surface area (TPSA) is 111 Å². The molecule has 2 aromatic carbocycles. The number of rotatable bonds is 7. The molecule has 158 valence electrons. The van der Waals surface area contributed by atoms with Crippen molar-refractivity contribution in [1.29, 1.82) is 0 Å². The van der Waals surface area contributed by atoms with Crippen LogP contribution in [0.2, 0.25) is 0 Å². The van der Waals surface area contributed by atoms with Gasteiger partial charge in [0.2, 0.25) is 15.8 Å². The van der Waals surface area contributed by atoms with E-state index in [1.807, 2.05) is 6.92 Å². The van der Waals surface area contributed by atoms with Crippen LogP contribution in [0.15, 0.2) is 45.8 Å². The van der Waals surface area contributed by atoms with Gasteiger partial charge in [0.25, 0.3) is 5.89 Å². The SMILES string of the molecule is Cc1ccc(S(=O)(=O)NCC(=O)OCc2nc(-c3ccc(C)c(F)c3)no2)cc1C. The molecule has 1 aromatic heterocycles. The predicted octanol–water partition coefficient (Wildman–Crippen LogP) is 2.82. The van der Waals surface area contributed by atoms with E-state index in [1.54, 1.807) is 32.0 Å². The van der Waals surface area contributed by atoms with E-state index in [9.17, 15) is 17.6 Å². The van der Waals surface area contributed by atoms with Crippen molar-refractivity contribution in [1.82, 2.24) is 14.9 Å². The number of esters is 1. The number of ether oxygens (including phenoxy) is 1. The van der Waals surface area contributed by atoms with Crippen LogP contribution in [-0.4, -0.2) is 31.1 Å². The van der Waals surface area contributed by atoms with Gasteiger partial charge >= 0.3 is 5.97 Å². The maximum absolute atomic E-state index is 13.7. The van der Waals surface area contributed by atoms with Gasteiger partial charge in [0.1, 0.15) is 12.4 Å². The van der Waals surface area contributed by atoms with Gasteiger partial charge in [0.05, 0.1) is 4.90 Å². The third-order valence-electron chi connectivity index (χ3n) is 4.45. The second kappa shape index (κ2) is 8.72. The number of halogens is 1. The zero-order valence-corrected chi connectivity index (χ0v) is 17.4. The molecule has 3 rings (SSSR count). The van der Waals surface area contributed by atoms with Crippen LogP contribution in [0.3, 0.4) is 0 Å². The molecule has 0 unspecified atom stereocenters. The largest absolute Gasteiger partial charge is 0.455 e. The van der Waals surface area contributed by atoms with Gasteiger partial charge in [0, 0.05) is 5.56 Å². The number of aryl methyl sites for hydroxylation is 3. The van der Waals surface area contributed by atoms with Crippen LogP contribution < -0.4 is 4.72 Å². The highest BCUT2D eigenvalue weighted by molar-refractivity contribution is 7.89. The van der Waals surface area contributed by atoms with E-state index in [-0.39, 0.29) is 23.2 Å². The van der Waals surface area contributed by atoms with Crippen LogP contribution in [0.25, 0.3) is 11.4 Å².